The minimum atomic E-state index is -0.264. The molecule has 1 unspecified atom stereocenters. The van der Waals surface area contributed by atoms with E-state index in [1.54, 1.807) is 13.0 Å². The van der Waals surface area contributed by atoms with Gasteiger partial charge in [-0.2, -0.15) is 5.10 Å². The van der Waals surface area contributed by atoms with Crippen LogP contribution in [0.15, 0.2) is 10.9 Å². The molecule has 0 aliphatic carbocycles. The molecule has 1 atom stereocenters. The first kappa shape index (κ1) is 13.9. The second kappa shape index (κ2) is 6.06. The van der Waals surface area contributed by atoms with Crippen molar-refractivity contribution in [2.24, 2.45) is 5.92 Å². The Labute approximate surface area is 116 Å². The number of anilines is 1. The summed E-state index contributed by atoms with van der Waals surface area (Å²) in [4.78, 5) is 15.8. The smallest absolute Gasteiger partial charge is 0.349 e. The van der Waals surface area contributed by atoms with Gasteiger partial charge in [0.05, 0.1) is 0 Å². The number of fused-ring (bicyclic) bond motifs is 1. The molecule has 104 valence electrons. The minimum absolute atomic E-state index is 0.264. The summed E-state index contributed by atoms with van der Waals surface area (Å²) in [7, 11) is 0. The van der Waals surface area contributed by atoms with Crippen LogP contribution in [0.25, 0.3) is 5.65 Å². The summed E-state index contributed by atoms with van der Waals surface area (Å²) < 4.78 is 1.45. The fourth-order valence-electron chi connectivity index (χ4n) is 2.04. The van der Waals surface area contributed by atoms with Crippen molar-refractivity contribution in [2.75, 3.05) is 17.7 Å². The third-order valence-electron chi connectivity index (χ3n) is 3.24. The lowest BCUT2D eigenvalue weighted by molar-refractivity contribution is 0.521. The zero-order valence-corrected chi connectivity index (χ0v) is 11.9. The van der Waals surface area contributed by atoms with E-state index in [2.05, 4.69) is 27.4 Å². The molecule has 0 aliphatic heterocycles. The first-order chi connectivity index (χ1) is 9.15. The lowest BCUT2D eigenvalue weighted by Crippen LogP contribution is -2.17. The topological polar surface area (TPSA) is 75.1 Å². The lowest BCUT2D eigenvalue weighted by Gasteiger charge is -2.14. The monoisotopic (exact) mass is 283 g/mol. The van der Waals surface area contributed by atoms with Crippen molar-refractivity contribution in [3.63, 3.8) is 0 Å². The van der Waals surface area contributed by atoms with Crippen LogP contribution < -0.4 is 11.0 Å². The Morgan fingerprint density at radius 3 is 3.05 bits per heavy atom. The second-order valence-corrected chi connectivity index (χ2v) is 4.92. The Kier molecular flexibility index (Phi) is 4.42. The summed E-state index contributed by atoms with van der Waals surface area (Å²) in [5.41, 5.74) is 0.311. The Bertz CT molecular complexity index is 606. The maximum Gasteiger partial charge on any atom is 0.349 e. The number of nitrogens with zero attached hydrogens (tertiary/aromatic N) is 3. The Morgan fingerprint density at radius 1 is 1.58 bits per heavy atom. The van der Waals surface area contributed by atoms with Gasteiger partial charge in [-0.05, 0) is 19.3 Å². The second-order valence-electron chi connectivity index (χ2n) is 4.54. The third kappa shape index (κ3) is 3.07. The van der Waals surface area contributed by atoms with Crippen LogP contribution in [0.1, 0.15) is 25.6 Å². The molecular formula is C12H18ClN5O. The number of hydrogen-bond acceptors (Lipinski definition) is 4. The molecule has 2 aromatic heterocycles. The van der Waals surface area contributed by atoms with E-state index in [9.17, 15) is 4.79 Å². The molecule has 2 rings (SSSR count). The molecule has 2 N–H and O–H groups in total. The largest absolute Gasteiger partial charge is 0.370 e. The Hall–Kier alpha value is -1.56. The number of hydrogen-bond donors (Lipinski definition) is 2. The van der Waals surface area contributed by atoms with Crippen LogP contribution in [0.3, 0.4) is 0 Å². The molecular weight excluding hydrogens is 266 g/mol. The van der Waals surface area contributed by atoms with Crippen molar-refractivity contribution in [3.05, 3.63) is 22.4 Å². The van der Waals surface area contributed by atoms with E-state index < -0.39 is 0 Å². The zero-order chi connectivity index (χ0) is 13.8. The minimum Gasteiger partial charge on any atom is -0.370 e. The van der Waals surface area contributed by atoms with Gasteiger partial charge in [-0.15, -0.1) is 11.6 Å². The van der Waals surface area contributed by atoms with Gasteiger partial charge in [0, 0.05) is 18.5 Å². The highest BCUT2D eigenvalue weighted by Gasteiger charge is 2.09. The van der Waals surface area contributed by atoms with Crippen molar-refractivity contribution in [3.8, 4) is 0 Å². The maximum absolute atomic E-state index is 11.5. The standard InChI is InChI=1S/C12H18ClN5O/c1-3-9(4-5-13)7-14-10-6-11-16-17-12(19)18(11)8(2)15-10/h6,9,14H,3-5,7H2,1-2H3,(H,17,19). The maximum atomic E-state index is 11.5. The first-order valence-corrected chi connectivity index (χ1v) is 6.93. The number of H-pyrrole nitrogens is 1. The molecule has 0 bridgehead atoms. The van der Waals surface area contributed by atoms with Crippen molar-refractivity contribution in [1.29, 1.82) is 0 Å². The SMILES string of the molecule is CCC(CCCl)CNc1cc2n[nH]c(=O)n2c(C)n1. The zero-order valence-electron chi connectivity index (χ0n) is 11.1. The van der Waals surface area contributed by atoms with Gasteiger partial charge in [0.25, 0.3) is 0 Å². The van der Waals surface area contributed by atoms with Crippen molar-refractivity contribution < 1.29 is 0 Å². The van der Waals surface area contributed by atoms with Crippen LogP contribution in [0, 0.1) is 12.8 Å². The van der Waals surface area contributed by atoms with E-state index in [1.807, 2.05) is 0 Å². The molecule has 0 amide bonds. The van der Waals surface area contributed by atoms with Gasteiger partial charge >= 0.3 is 5.69 Å². The van der Waals surface area contributed by atoms with Gasteiger partial charge in [0.15, 0.2) is 5.65 Å². The van der Waals surface area contributed by atoms with Crippen LogP contribution in [-0.2, 0) is 0 Å². The molecule has 7 heteroatoms. The van der Waals surface area contributed by atoms with Gasteiger partial charge in [-0.1, -0.05) is 13.3 Å². The normalized spacial score (nSPS) is 12.8. The Balaban J connectivity index is 2.15. The molecule has 0 aliphatic rings. The van der Waals surface area contributed by atoms with Gasteiger partial charge in [0.1, 0.15) is 11.6 Å². The summed E-state index contributed by atoms with van der Waals surface area (Å²) in [6, 6.07) is 1.76. The van der Waals surface area contributed by atoms with Crippen LogP contribution in [0.2, 0.25) is 0 Å². The molecule has 0 spiro atoms. The van der Waals surface area contributed by atoms with E-state index in [4.69, 9.17) is 11.6 Å². The molecule has 19 heavy (non-hydrogen) atoms. The van der Waals surface area contributed by atoms with Crippen LogP contribution in [0.4, 0.5) is 5.82 Å². The van der Waals surface area contributed by atoms with Crippen LogP contribution in [0.5, 0.6) is 0 Å². The summed E-state index contributed by atoms with van der Waals surface area (Å²) in [5.74, 6) is 2.54. The third-order valence-corrected chi connectivity index (χ3v) is 3.45. The first-order valence-electron chi connectivity index (χ1n) is 6.40. The molecule has 6 nitrogen and oxygen atoms in total. The van der Waals surface area contributed by atoms with E-state index in [-0.39, 0.29) is 5.69 Å². The number of rotatable bonds is 6. The quantitative estimate of drug-likeness (QED) is 0.793. The average Bonchev–Trinajstić information content (AvgIpc) is 2.76. The van der Waals surface area contributed by atoms with Crippen molar-refractivity contribution in [1.82, 2.24) is 19.6 Å². The average molecular weight is 284 g/mol. The van der Waals surface area contributed by atoms with Crippen molar-refractivity contribution >= 4 is 23.1 Å². The lowest BCUT2D eigenvalue weighted by atomic mass is 10.0. The summed E-state index contributed by atoms with van der Waals surface area (Å²) in [5, 5.41) is 9.64. The van der Waals surface area contributed by atoms with Crippen LogP contribution >= 0.6 is 11.6 Å². The number of aryl methyl sites for hydroxylation is 1. The molecule has 0 saturated carbocycles. The highest BCUT2D eigenvalue weighted by atomic mass is 35.5. The highest BCUT2D eigenvalue weighted by molar-refractivity contribution is 6.17. The molecule has 2 heterocycles. The summed E-state index contributed by atoms with van der Waals surface area (Å²) in [6.07, 6.45) is 2.05. The van der Waals surface area contributed by atoms with Gasteiger partial charge in [-0.3, -0.25) is 0 Å². The molecule has 0 aromatic carbocycles. The van der Waals surface area contributed by atoms with E-state index in [0.29, 0.717) is 23.3 Å². The highest BCUT2D eigenvalue weighted by Crippen LogP contribution is 2.12. The number of aromatic nitrogens is 4. The molecule has 0 saturated heterocycles. The van der Waals surface area contributed by atoms with E-state index >= 15 is 0 Å². The Morgan fingerprint density at radius 2 is 2.37 bits per heavy atom. The van der Waals surface area contributed by atoms with E-state index in [0.717, 1.165) is 25.2 Å². The number of halogens is 1. The fraction of sp³-hybridized carbons (Fsp3) is 0.583. The molecule has 0 fully saturated rings. The molecule has 0 radical (unpaired) electrons. The van der Waals surface area contributed by atoms with Gasteiger partial charge in [0.2, 0.25) is 0 Å². The number of aromatic amines is 1. The van der Waals surface area contributed by atoms with Gasteiger partial charge in [-0.25, -0.2) is 19.3 Å². The predicted molar refractivity (Wildman–Crippen MR) is 76.0 cm³/mol. The van der Waals surface area contributed by atoms with Crippen LogP contribution in [-0.4, -0.2) is 32.0 Å². The summed E-state index contributed by atoms with van der Waals surface area (Å²) >= 11 is 5.77. The number of nitrogens with one attached hydrogen (secondary N) is 2. The predicted octanol–water partition coefficient (Wildman–Crippen LogP) is 1.79. The summed E-state index contributed by atoms with van der Waals surface area (Å²) in [6.45, 7) is 4.75. The van der Waals surface area contributed by atoms with Gasteiger partial charge < -0.3 is 5.32 Å². The number of alkyl halides is 1. The molecule has 2 aromatic rings. The fourth-order valence-corrected chi connectivity index (χ4v) is 2.35. The van der Waals surface area contributed by atoms with E-state index in [1.165, 1.54) is 4.40 Å². The van der Waals surface area contributed by atoms with Crippen molar-refractivity contribution in [2.45, 2.75) is 26.7 Å².